The van der Waals surface area contributed by atoms with Gasteiger partial charge < -0.3 is 10.0 Å². The van der Waals surface area contributed by atoms with Crippen molar-refractivity contribution in [3.8, 4) is 16.9 Å². The average Bonchev–Trinajstić information content (AvgIpc) is 2.59. The number of hydrogen-bond acceptors (Lipinski definition) is 3. The van der Waals surface area contributed by atoms with Gasteiger partial charge in [0, 0.05) is 30.2 Å². The zero-order chi connectivity index (χ0) is 17.1. The molecule has 122 valence electrons. The van der Waals surface area contributed by atoms with Crippen molar-refractivity contribution in [3.63, 3.8) is 0 Å². The molecule has 0 amide bonds. The van der Waals surface area contributed by atoms with E-state index in [1.165, 1.54) is 0 Å². The summed E-state index contributed by atoms with van der Waals surface area (Å²) < 4.78 is 0. The molecule has 3 aromatic rings. The lowest BCUT2D eigenvalue weighted by molar-refractivity contribution is 0.464. The van der Waals surface area contributed by atoms with Crippen LogP contribution < -0.4 is 4.90 Å². The van der Waals surface area contributed by atoms with E-state index < -0.39 is 0 Å². The minimum absolute atomic E-state index is 0.340. The Hall–Kier alpha value is -2.39. The Morgan fingerprint density at radius 1 is 0.875 bits per heavy atom. The van der Waals surface area contributed by atoms with Crippen LogP contribution in [0.2, 0.25) is 0 Å². The summed E-state index contributed by atoms with van der Waals surface area (Å²) in [6.45, 7) is 2.06. The molecular formula is C21H21NOS. The molecule has 3 heteroatoms. The molecule has 0 aliphatic heterocycles. The van der Waals surface area contributed by atoms with Gasteiger partial charge >= 0.3 is 0 Å². The van der Waals surface area contributed by atoms with E-state index in [9.17, 15) is 5.11 Å². The summed E-state index contributed by atoms with van der Waals surface area (Å²) >= 11 is 1.59. The summed E-state index contributed by atoms with van der Waals surface area (Å²) in [5.74, 6) is 0.340. The zero-order valence-electron chi connectivity index (χ0n) is 14.2. The lowest BCUT2D eigenvalue weighted by atomic mass is 10.0. The minimum atomic E-state index is 0.340. The van der Waals surface area contributed by atoms with E-state index in [2.05, 4.69) is 48.2 Å². The lowest BCUT2D eigenvalue weighted by Gasteiger charge is -2.15. The molecule has 0 aromatic heterocycles. The van der Waals surface area contributed by atoms with Crippen LogP contribution in [0.4, 0.5) is 5.69 Å². The van der Waals surface area contributed by atoms with E-state index >= 15 is 0 Å². The van der Waals surface area contributed by atoms with Gasteiger partial charge in [-0.2, -0.15) is 0 Å². The zero-order valence-corrected chi connectivity index (χ0v) is 15.0. The first-order valence-electron chi connectivity index (χ1n) is 7.89. The molecule has 0 heterocycles. The number of aromatic hydroxyl groups is 1. The number of anilines is 1. The van der Waals surface area contributed by atoms with Crippen LogP contribution in [0.3, 0.4) is 0 Å². The summed E-state index contributed by atoms with van der Waals surface area (Å²) in [5, 5.41) is 10.8. The predicted octanol–water partition coefficient (Wildman–Crippen LogP) is 5.58. The third-order valence-corrected chi connectivity index (χ3v) is 4.92. The Morgan fingerprint density at radius 2 is 1.54 bits per heavy atom. The van der Waals surface area contributed by atoms with Crippen molar-refractivity contribution in [1.82, 2.24) is 0 Å². The van der Waals surface area contributed by atoms with Crippen molar-refractivity contribution in [2.45, 2.75) is 16.7 Å². The largest absolute Gasteiger partial charge is 0.506 e. The van der Waals surface area contributed by atoms with E-state index in [1.807, 2.05) is 44.4 Å². The summed E-state index contributed by atoms with van der Waals surface area (Å²) in [4.78, 5) is 4.07. The fourth-order valence-electron chi connectivity index (χ4n) is 2.60. The molecular weight excluding hydrogens is 314 g/mol. The first kappa shape index (κ1) is 16.5. The molecule has 0 saturated carbocycles. The van der Waals surface area contributed by atoms with Crippen molar-refractivity contribution in [3.05, 3.63) is 72.3 Å². The van der Waals surface area contributed by atoms with Gasteiger partial charge in [-0.25, -0.2) is 0 Å². The topological polar surface area (TPSA) is 23.5 Å². The maximum Gasteiger partial charge on any atom is 0.137 e. The summed E-state index contributed by atoms with van der Waals surface area (Å²) in [5.41, 5.74) is 4.18. The van der Waals surface area contributed by atoms with Crippen LogP contribution in [0.1, 0.15) is 5.56 Å². The van der Waals surface area contributed by atoms with Crippen LogP contribution in [0.15, 0.2) is 76.5 Å². The Kier molecular flexibility index (Phi) is 4.81. The van der Waals surface area contributed by atoms with Crippen molar-refractivity contribution >= 4 is 17.4 Å². The molecule has 24 heavy (non-hydrogen) atoms. The molecule has 2 nitrogen and oxygen atoms in total. The molecule has 0 atom stereocenters. The number of hydrogen-bond donors (Lipinski definition) is 1. The third-order valence-electron chi connectivity index (χ3n) is 3.89. The van der Waals surface area contributed by atoms with Crippen LogP contribution in [-0.4, -0.2) is 19.2 Å². The van der Waals surface area contributed by atoms with Gasteiger partial charge in [-0.3, -0.25) is 0 Å². The van der Waals surface area contributed by atoms with E-state index in [0.29, 0.717) is 5.75 Å². The van der Waals surface area contributed by atoms with Crippen molar-refractivity contribution in [2.24, 2.45) is 0 Å². The van der Waals surface area contributed by atoms with Gasteiger partial charge in [0.05, 0.1) is 4.90 Å². The molecule has 0 bridgehead atoms. The number of phenolic OH excluding ortho intramolecular Hbond substituents is 1. The fourth-order valence-corrected chi connectivity index (χ4v) is 3.60. The highest BCUT2D eigenvalue weighted by molar-refractivity contribution is 7.99. The molecule has 3 aromatic carbocycles. The highest BCUT2D eigenvalue weighted by Crippen LogP contribution is 2.41. The standard InChI is InChI=1S/C21H21NOS/c1-15-13-19(16-9-11-17(12-10-16)22(2)3)21(23)20(14-15)24-18-7-5-4-6-8-18/h4-14,23H,1-3H3. The molecule has 0 unspecified atom stereocenters. The molecule has 0 radical (unpaired) electrons. The lowest BCUT2D eigenvalue weighted by Crippen LogP contribution is -2.07. The van der Waals surface area contributed by atoms with Gasteiger partial charge in [-0.1, -0.05) is 42.1 Å². The van der Waals surface area contributed by atoms with Crippen molar-refractivity contribution in [2.75, 3.05) is 19.0 Å². The van der Waals surface area contributed by atoms with Crippen LogP contribution in [0.5, 0.6) is 5.75 Å². The van der Waals surface area contributed by atoms with Gasteiger partial charge in [-0.15, -0.1) is 0 Å². The van der Waals surface area contributed by atoms with Crippen molar-refractivity contribution in [1.29, 1.82) is 0 Å². The van der Waals surface area contributed by atoms with E-state index in [4.69, 9.17) is 0 Å². The molecule has 0 spiro atoms. The molecule has 1 N–H and O–H groups in total. The quantitative estimate of drug-likeness (QED) is 0.673. The fraction of sp³-hybridized carbons (Fsp3) is 0.143. The summed E-state index contributed by atoms with van der Waals surface area (Å²) in [6.07, 6.45) is 0. The Balaban J connectivity index is 1.99. The number of phenols is 1. The molecule has 0 fully saturated rings. The normalized spacial score (nSPS) is 10.6. The summed E-state index contributed by atoms with van der Waals surface area (Å²) in [7, 11) is 4.04. The van der Waals surface area contributed by atoms with Gasteiger partial charge in [0.15, 0.2) is 0 Å². The molecule has 0 saturated heterocycles. The van der Waals surface area contributed by atoms with Gasteiger partial charge in [0.2, 0.25) is 0 Å². The van der Waals surface area contributed by atoms with Gasteiger partial charge in [-0.05, 0) is 54.4 Å². The van der Waals surface area contributed by atoms with E-state index in [-0.39, 0.29) is 0 Å². The smallest absolute Gasteiger partial charge is 0.137 e. The molecule has 0 aliphatic rings. The number of aryl methyl sites for hydroxylation is 1. The monoisotopic (exact) mass is 335 g/mol. The highest BCUT2D eigenvalue weighted by atomic mass is 32.2. The Morgan fingerprint density at radius 3 is 2.17 bits per heavy atom. The Bertz CT molecular complexity index is 826. The molecule has 0 aliphatic carbocycles. The Labute approximate surface area is 147 Å². The first-order valence-corrected chi connectivity index (χ1v) is 8.70. The SMILES string of the molecule is Cc1cc(Sc2ccccc2)c(O)c(-c2ccc(N(C)C)cc2)c1. The maximum atomic E-state index is 10.8. The minimum Gasteiger partial charge on any atom is -0.506 e. The average molecular weight is 335 g/mol. The first-order chi connectivity index (χ1) is 11.5. The third kappa shape index (κ3) is 3.57. The highest BCUT2D eigenvalue weighted by Gasteiger charge is 2.12. The second-order valence-electron chi connectivity index (χ2n) is 6.02. The van der Waals surface area contributed by atoms with E-state index in [1.54, 1.807) is 11.8 Å². The molecule has 3 rings (SSSR count). The second-order valence-corrected chi connectivity index (χ2v) is 7.13. The number of rotatable bonds is 4. The van der Waals surface area contributed by atoms with Crippen LogP contribution in [-0.2, 0) is 0 Å². The van der Waals surface area contributed by atoms with Crippen LogP contribution in [0, 0.1) is 6.92 Å². The number of benzene rings is 3. The number of nitrogens with zero attached hydrogens (tertiary/aromatic N) is 1. The maximum absolute atomic E-state index is 10.8. The van der Waals surface area contributed by atoms with Gasteiger partial charge in [0.1, 0.15) is 5.75 Å². The van der Waals surface area contributed by atoms with Gasteiger partial charge in [0.25, 0.3) is 0 Å². The predicted molar refractivity (Wildman–Crippen MR) is 103 cm³/mol. The second kappa shape index (κ2) is 7.02. The van der Waals surface area contributed by atoms with Crippen LogP contribution >= 0.6 is 11.8 Å². The van der Waals surface area contributed by atoms with Crippen LogP contribution in [0.25, 0.3) is 11.1 Å². The van der Waals surface area contributed by atoms with E-state index in [0.717, 1.165) is 32.2 Å². The summed E-state index contributed by atoms with van der Waals surface area (Å²) in [6, 6.07) is 22.4. The van der Waals surface area contributed by atoms with Crippen molar-refractivity contribution < 1.29 is 5.11 Å².